The summed E-state index contributed by atoms with van der Waals surface area (Å²) in [6.07, 6.45) is 2.63. The topological polar surface area (TPSA) is 35.2 Å². The standard InChI is InChI=1S/C11H20F3NO/c12-11(13,14)9-16-8-7-10(15)5-3-1-2-4-6-10/h1-9,15H2. The van der Waals surface area contributed by atoms with Gasteiger partial charge < -0.3 is 10.5 Å². The molecule has 1 fully saturated rings. The molecule has 96 valence electrons. The number of alkyl halides is 3. The lowest BCUT2D eigenvalue weighted by atomic mass is 9.88. The van der Waals surface area contributed by atoms with Crippen molar-refractivity contribution >= 4 is 0 Å². The van der Waals surface area contributed by atoms with E-state index in [1.54, 1.807) is 0 Å². The molecule has 16 heavy (non-hydrogen) atoms. The molecule has 0 aromatic heterocycles. The molecule has 0 radical (unpaired) electrons. The molecule has 1 saturated carbocycles. The van der Waals surface area contributed by atoms with Crippen molar-refractivity contribution in [2.45, 2.75) is 56.7 Å². The third-order valence-corrected chi connectivity index (χ3v) is 3.11. The molecule has 0 aromatic rings. The highest BCUT2D eigenvalue weighted by Gasteiger charge is 2.29. The van der Waals surface area contributed by atoms with E-state index in [2.05, 4.69) is 4.74 Å². The summed E-state index contributed by atoms with van der Waals surface area (Å²) in [6, 6.07) is 0. The molecule has 1 aliphatic carbocycles. The number of hydrogen-bond donors (Lipinski definition) is 1. The molecule has 0 aliphatic heterocycles. The van der Waals surface area contributed by atoms with Gasteiger partial charge in [0.15, 0.2) is 0 Å². The summed E-state index contributed by atoms with van der Waals surface area (Å²) in [5.41, 5.74) is 5.84. The van der Waals surface area contributed by atoms with Gasteiger partial charge in [-0.15, -0.1) is 0 Å². The van der Waals surface area contributed by atoms with Crippen molar-refractivity contribution in [3.05, 3.63) is 0 Å². The van der Waals surface area contributed by atoms with Crippen molar-refractivity contribution in [3.8, 4) is 0 Å². The number of ether oxygens (including phenoxy) is 1. The number of halogens is 3. The summed E-state index contributed by atoms with van der Waals surface area (Å²) in [7, 11) is 0. The largest absolute Gasteiger partial charge is 0.411 e. The van der Waals surface area contributed by atoms with Crippen LogP contribution in [0.3, 0.4) is 0 Å². The monoisotopic (exact) mass is 239 g/mol. The summed E-state index contributed by atoms with van der Waals surface area (Å²) < 4.78 is 40.1. The Morgan fingerprint density at radius 3 is 2.12 bits per heavy atom. The van der Waals surface area contributed by atoms with Crippen molar-refractivity contribution in [3.63, 3.8) is 0 Å². The average molecular weight is 239 g/mol. The molecule has 2 nitrogen and oxygen atoms in total. The van der Waals surface area contributed by atoms with Crippen LogP contribution >= 0.6 is 0 Å². The van der Waals surface area contributed by atoms with Gasteiger partial charge in [-0.05, 0) is 19.3 Å². The summed E-state index contributed by atoms with van der Waals surface area (Å²) in [5.74, 6) is 0. The smallest absolute Gasteiger partial charge is 0.372 e. The summed E-state index contributed by atoms with van der Waals surface area (Å²) >= 11 is 0. The second-order valence-electron chi connectivity index (χ2n) is 4.69. The molecular formula is C11H20F3NO. The van der Waals surface area contributed by atoms with Gasteiger partial charge in [0.2, 0.25) is 0 Å². The van der Waals surface area contributed by atoms with Crippen LogP contribution in [0.5, 0.6) is 0 Å². The molecule has 0 bridgehead atoms. The van der Waals surface area contributed by atoms with Crippen LogP contribution in [0.1, 0.15) is 44.9 Å². The Hall–Kier alpha value is -0.290. The highest BCUT2D eigenvalue weighted by atomic mass is 19.4. The van der Waals surface area contributed by atoms with Crippen molar-refractivity contribution < 1.29 is 17.9 Å². The fourth-order valence-corrected chi connectivity index (χ4v) is 2.15. The molecule has 1 aliphatic rings. The summed E-state index contributed by atoms with van der Waals surface area (Å²) in [4.78, 5) is 0. The van der Waals surface area contributed by atoms with Gasteiger partial charge in [0, 0.05) is 12.1 Å². The second-order valence-corrected chi connectivity index (χ2v) is 4.69. The summed E-state index contributed by atoms with van der Waals surface area (Å²) in [6.45, 7) is -1.06. The fraction of sp³-hybridized carbons (Fsp3) is 1.00. The molecule has 0 aromatic carbocycles. The van der Waals surface area contributed by atoms with E-state index in [-0.39, 0.29) is 12.1 Å². The predicted molar refractivity (Wildman–Crippen MR) is 56.1 cm³/mol. The molecule has 1 rings (SSSR count). The zero-order chi connectivity index (χ0) is 12.1. The van der Waals surface area contributed by atoms with Gasteiger partial charge >= 0.3 is 6.18 Å². The first-order valence-corrected chi connectivity index (χ1v) is 5.85. The van der Waals surface area contributed by atoms with Crippen LogP contribution in [0.15, 0.2) is 0 Å². The Morgan fingerprint density at radius 1 is 1.06 bits per heavy atom. The van der Waals surface area contributed by atoms with Crippen molar-refractivity contribution in [1.29, 1.82) is 0 Å². The maximum absolute atomic E-state index is 11.8. The molecule has 0 atom stereocenters. The normalized spacial score (nSPS) is 21.8. The van der Waals surface area contributed by atoms with E-state index in [9.17, 15) is 13.2 Å². The van der Waals surface area contributed by atoms with Crippen LogP contribution in [-0.2, 0) is 4.74 Å². The predicted octanol–water partition coefficient (Wildman–Crippen LogP) is 3.01. The molecule has 2 N–H and O–H groups in total. The lowest BCUT2D eigenvalue weighted by Gasteiger charge is -2.27. The first kappa shape index (κ1) is 13.8. The van der Waals surface area contributed by atoms with Gasteiger partial charge in [0.1, 0.15) is 6.61 Å². The second kappa shape index (κ2) is 5.87. The van der Waals surface area contributed by atoms with Crippen LogP contribution in [0, 0.1) is 0 Å². The molecular weight excluding hydrogens is 219 g/mol. The van der Waals surface area contributed by atoms with Gasteiger partial charge in [-0.3, -0.25) is 0 Å². The highest BCUT2D eigenvalue weighted by Crippen LogP contribution is 2.27. The lowest BCUT2D eigenvalue weighted by molar-refractivity contribution is -0.174. The van der Waals surface area contributed by atoms with E-state index >= 15 is 0 Å². The van der Waals surface area contributed by atoms with Crippen LogP contribution in [0.25, 0.3) is 0 Å². The van der Waals surface area contributed by atoms with Gasteiger partial charge in [0.25, 0.3) is 0 Å². The molecule has 5 heteroatoms. The zero-order valence-corrected chi connectivity index (χ0v) is 9.48. The minimum atomic E-state index is -4.23. The van der Waals surface area contributed by atoms with Crippen LogP contribution in [0.2, 0.25) is 0 Å². The van der Waals surface area contributed by atoms with Crippen molar-refractivity contribution in [2.75, 3.05) is 13.2 Å². The molecule has 0 spiro atoms. The van der Waals surface area contributed by atoms with Crippen molar-refractivity contribution in [2.24, 2.45) is 5.73 Å². The molecule has 0 heterocycles. The molecule has 0 amide bonds. The average Bonchev–Trinajstić information content (AvgIpc) is 2.37. The van der Waals surface area contributed by atoms with Gasteiger partial charge in [-0.25, -0.2) is 0 Å². The van der Waals surface area contributed by atoms with Gasteiger partial charge in [-0.2, -0.15) is 13.2 Å². The number of hydrogen-bond acceptors (Lipinski definition) is 2. The SMILES string of the molecule is NC1(CCOCC(F)(F)F)CCCCCC1. The third kappa shape index (κ3) is 5.70. The molecule has 0 saturated heterocycles. The Labute approximate surface area is 94.3 Å². The van der Waals surface area contributed by atoms with E-state index in [0.29, 0.717) is 6.42 Å². The van der Waals surface area contributed by atoms with E-state index in [1.165, 1.54) is 12.8 Å². The number of rotatable bonds is 4. The minimum Gasteiger partial charge on any atom is -0.372 e. The summed E-state index contributed by atoms with van der Waals surface area (Å²) in [5, 5.41) is 0. The fourth-order valence-electron chi connectivity index (χ4n) is 2.15. The Kier molecular flexibility index (Phi) is 5.05. The van der Waals surface area contributed by atoms with Crippen LogP contribution in [0.4, 0.5) is 13.2 Å². The van der Waals surface area contributed by atoms with Crippen LogP contribution in [-0.4, -0.2) is 24.9 Å². The third-order valence-electron chi connectivity index (χ3n) is 3.11. The zero-order valence-electron chi connectivity index (χ0n) is 9.48. The van der Waals surface area contributed by atoms with Gasteiger partial charge in [-0.1, -0.05) is 25.7 Å². The maximum atomic E-state index is 11.8. The van der Waals surface area contributed by atoms with Gasteiger partial charge in [0.05, 0.1) is 0 Å². The number of nitrogens with two attached hydrogens (primary N) is 1. The van der Waals surface area contributed by atoms with Crippen molar-refractivity contribution in [1.82, 2.24) is 0 Å². The lowest BCUT2D eigenvalue weighted by Crippen LogP contribution is -2.40. The van der Waals surface area contributed by atoms with E-state index in [0.717, 1.165) is 25.7 Å². The van der Waals surface area contributed by atoms with E-state index in [4.69, 9.17) is 5.73 Å². The Bertz CT molecular complexity index is 198. The maximum Gasteiger partial charge on any atom is 0.411 e. The minimum absolute atomic E-state index is 0.107. The van der Waals surface area contributed by atoms with E-state index in [1.807, 2.05) is 0 Å². The first-order chi connectivity index (χ1) is 7.41. The Morgan fingerprint density at radius 2 is 1.62 bits per heavy atom. The van der Waals surface area contributed by atoms with Crippen LogP contribution < -0.4 is 5.73 Å². The van der Waals surface area contributed by atoms with E-state index < -0.39 is 12.8 Å². The molecule has 0 unspecified atom stereocenters. The highest BCUT2D eigenvalue weighted by molar-refractivity contribution is 4.85. The first-order valence-electron chi connectivity index (χ1n) is 5.85. The Balaban J connectivity index is 2.19. The quantitative estimate of drug-likeness (QED) is 0.604.